The Balaban J connectivity index is 1.73. The summed E-state index contributed by atoms with van der Waals surface area (Å²) >= 11 is 0. The van der Waals surface area contributed by atoms with Crippen LogP contribution in [0.25, 0.3) is 0 Å². The number of hydrogen-bond acceptors (Lipinski definition) is 3. The minimum atomic E-state index is 0.321. The van der Waals surface area contributed by atoms with E-state index in [-0.39, 0.29) is 0 Å². The molecular formula is C14H26N2O2. The molecule has 2 heterocycles. The molecule has 0 aromatic heterocycles. The van der Waals surface area contributed by atoms with Crippen molar-refractivity contribution in [1.82, 2.24) is 10.2 Å². The predicted octanol–water partition coefficient (Wildman–Crippen LogP) is 1.54. The number of likely N-dealkylation sites (tertiary alicyclic amines) is 1. The maximum atomic E-state index is 11.6. The minimum absolute atomic E-state index is 0.321. The zero-order valence-corrected chi connectivity index (χ0v) is 11.7. The highest BCUT2D eigenvalue weighted by Crippen LogP contribution is 2.17. The fourth-order valence-corrected chi connectivity index (χ4v) is 3.00. The van der Waals surface area contributed by atoms with Gasteiger partial charge in [-0.2, -0.15) is 0 Å². The lowest BCUT2D eigenvalue weighted by molar-refractivity contribution is -0.128. The van der Waals surface area contributed by atoms with Gasteiger partial charge < -0.3 is 15.0 Å². The molecule has 2 fully saturated rings. The lowest BCUT2D eigenvalue weighted by Gasteiger charge is -2.32. The quantitative estimate of drug-likeness (QED) is 0.809. The molecule has 0 aromatic rings. The van der Waals surface area contributed by atoms with Crippen molar-refractivity contribution in [1.29, 1.82) is 0 Å². The number of carbonyl (C=O) groups excluding carboxylic acids is 1. The molecule has 0 aliphatic carbocycles. The molecule has 2 aliphatic rings. The highest BCUT2D eigenvalue weighted by atomic mass is 16.5. The van der Waals surface area contributed by atoms with E-state index in [1.807, 2.05) is 4.90 Å². The lowest BCUT2D eigenvalue weighted by atomic mass is 10.0. The topological polar surface area (TPSA) is 41.6 Å². The summed E-state index contributed by atoms with van der Waals surface area (Å²) in [5.41, 5.74) is 0. The van der Waals surface area contributed by atoms with Crippen LogP contribution in [0.15, 0.2) is 0 Å². The molecule has 2 rings (SSSR count). The Kier molecular flexibility index (Phi) is 5.01. The third-order valence-corrected chi connectivity index (χ3v) is 4.01. The number of ether oxygens (including phenoxy) is 1. The largest absolute Gasteiger partial charge is 0.378 e. The van der Waals surface area contributed by atoms with Crippen molar-refractivity contribution in [2.24, 2.45) is 0 Å². The van der Waals surface area contributed by atoms with Crippen LogP contribution in [0.1, 0.15) is 46.0 Å². The second kappa shape index (κ2) is 6.53. The summed E-state index contributed by atoms with van der Waals surface area (Å²) in [6.45, 7) is 7.02. The van der Waals surface area contributed by atoms with Crippen molar-refractivity contribution in [3.05, 3.63) is 0 Å². The van der Waals surface area contributed by atoms with E-state index in [9.17, 15) is 4.79 Å². The Morgan fingerprint density at radius 3 is 3.06 bits per heavy atom. The van der Waals surface area contributed by atoms with Gasteiger partial charge in [-0.25, -0.2) is 0 Å². The molecule has 104 valence electrons. The maximum Gasteiger partial charge on any atom is 0.222 e. The van der Waals surface area contributed by atoms with Crippen LogP contribution < -0.4 is 5.32 Å². The van der Waals surface area contributed by atoms with Gasteiger partial charge in [0.25, 0.3) is 0 Å². The van der Waals surface area contributed by atoms with Gasteiger partial charge in [-0.15, -0.1) is 0 Å². The van der Waals surface area contributed by atoms with Gasteiger partial charge in [0.1, 0.15) is 0 Å². The monoisotopic (exact) mass is 254 g/mol. The first-order chi connectivity index (χ1) is 8.69. The van der Waals surface area contributed by atoms with Crippen molar-refractivity contribution < 1.29 is 9.53 Å². The Labute approximate surface area is 110 Å². The predicted molar refractivity (Wildman–Crippen MR) is 71.5 cm³/mol. The average Bonchev–Trinajstić information content (AvgIpc) is 2.75. The van der Waals surface area contributed by atoms with Crippen molar-refractivity contribution in [3.63, 3.8) is 0 Å². The van der Waals surface area contributed by atoms with Crippen LogP contribution in [0.4, 0.5) is 0 Å². The SMILES string of the molecule is CCC1CC(NC(C)CN2CCCC2=O)CCO1. The average molecular weight is 254 g/mol. The van der Waals surface area contributed by atoms with Crippen molar-refractivity contribution in [3.8, 4) is 0 Å². The first kappa shape index (κ1) is 13.8. The standard InChI is InChI=1S/C14H26N2O2/c1-3-13-9-12(6-8-18-13)15-11(2)10-16-7-4-5-14(16)17/h11-13,15H,3-10H2,1-2H3. The highest BCUT2D eigenvalue weighted by molar-refractivity contribution is 5.78. The second-order valence-corrected chi connectivity index (χ2v) is 5.63. The number of nitrogens with one attached hydrogen (secondary N) is 1. The van der Waals surface area contributed by atoms with E-state index in [4.69, 9.17) is 4.74 Å². The van der Waals surface area contributed by atoms with Crippen molar-refractivity contribution in [2.45, 2.75) is 64.1 Å². The molecule has 1 N–H and O–H groups in total. The molecular weight excluding hydrogens is 228 g/mol. The normalized spacial score (nSPS) is 30.8. The van der Waals surface area contributed by atoms with E-state index in [2.05, 4.69) is 19.2 Å². The molecule has 0 aromatic carbocycles. The highest BCUT2D eigenvalue weighted by Gasteiger charge is 2.25. The fourth-order valence-electron chi connectivity index (χ4n) is 3.00. The van der Waals surface area contributed by atoms with Crippen LogP contribution in [0.5, 0.6) is 0 Å². The van der Waals surface area contributed by atoms with Gasteiger partial charge in [0.15, 0.2) is 0 Å². The third kappa shape index (κ3) is 3.69. The van der Waals surface area contributed by atoms with E-state index < -0.39 is 0 Å². The first-order valence-corrected chi connectivity index (χ1v) is 7.34. The summed E-state index contributed by atoms with van der Waals surface area (Å²) in [5.74, 6) is 0.321. The third-order valence-electron chi connectivity index (χ3n) is 4.01. The van der Waals surface area contributed by atoms with E-state index in [0.717, 1.165) is 51.8 Å². The molecule has 3 atom stereocenters. The molecule has 2 aliphatic heterocycles. The van der Waals surface area contributed by atoms with Crippen molar-refractivity contribution in [2.75, 3.05) is 19.7 Å². The zero-order valence-electron chi connectivity index (χ0n) is 11.7. The van der Waals surface area contributed by atoms with Gasteiger partial charge in [0, 0.05) is 38.2 Å². The number of carbonyl (C=O) groups is 1. The maximum absolute atomic E-state index is 11.6. The van der Waals surface area contributed by atoms with Crippen LogP contribution in [0.3, 0.4) is 0 Å². The second-order valence-electron chi connectivity index (χ2n) is 5.63. The number of amides is 1. The van der Waals surface area contributed by atoms with Crippen LogP contribution in [0.2, 0.25) is 0 Å². The molecule has 0 bridgehead atoms. The Morgan fingerprint density at radius 1 is 1.56 bits per heavy atom. The minimum Gasteiger partial charge on any atom is -0.378 e. The van der Waals surface area contributed by atoms with Gasteiger partial charge >= 0.3 is 0 Å². The van der Waals surface area contributed by atoms with Gasteiger partial charge in [-0.05, 0) is 32.6 Å². The first-order valence-electron chi connectivity index (χ1n) is 7.34. The summed E-state index contributed by atoms with van der Waals surface area (Å²) < 4.78 is 5.68. The van der Waals surface area contributed by atoms with Crippen LogP contribution >= 0.6 is 0 Å². The number of hydrogen-bond donors (Lipinski definition) is 1. The van der Waals surface area contributed by atoms with E-state index in [1.165, 1.54) is 0 Å². The molecule has 0 radical (unpaired) electrons. The molecule has 0 spiro atoms. The van der Waals surface area contributed by atoms with Crippen LogP contribution in [-0.2, 0) is 9.53 Å². The molecule has 3 unspecified atom stereocenters. The van der Waals surface area contributed by atoms with Crippen LogP contribution in [-0.4, -0.2) is 48.7 Å². The summed E-state index contributed by atoms with van der Waals surface area (Å²) in [6, 6.07) is 0.934. The summed E-state index contributed by atoms with van der Waals surface area (Å²) in [4.78, 5) is 13.6. The van der Waals surface area contributed by atoms with Crippen molar-refractivity contribution >= 4 is 5.91 Å². The smallest absolute Gasteiger partial charge is 0.222 e. The molecule has 4 nitrogen and oxygen atoms in total. The van der Waals surface area contributed by atoms with Gasteiger partial charge in [0.05, 0.1) is 6.10 Å². The zero-order chi connectivity index (χ0) is 13.0. The van der Waals surface area contributed by atoms with Gasteiger partial charge in [-0.1, -0.05) is 6.92 Å². The van der Waals surface area contributed by atoms with Gasteiger partial charge in [-0.3, -0.25) is 4.79 Å². The van der Waals surface area contributed by atoms with E-state index >= 15 is 0 Å². The number of rotatable bonds is 5. The lowest BCUT2D eigenvalue weighted by Crippen LogP contribution is -2.47. The van der Waals surface area contributed by atoms with Gasteiger partial charge in [0.2, 0.25) is 5.91 Å². The molecule has 2 saturated heterocycles. The molecule has 1 amide bonds. The molecule has 4 heteroatoms. The summed E-state index contributed by atoms with van der Waals surface area (Å²) in [6.07, 6.45) is 5.47. The Bertz CT molecular complexity index is 283. The summed E-state index contributed by atoms with van der Waals surface area (Å²) in [7, 11) is 0. The van der Waals surface area contributed by atoms with E-state index in [1.54, 1.807) is 0 Å². The Hall–Kier alpha value is -0.610. The Morgan fingerprint density at radius 2 is 2.39 bits per heavy atom. The molecule has 18 heavy (non-hydrogen) atoms. The summed E-state index contributed by atoms with van der Waals surface area (Å²) in [5, 5.41) is 3.66. The fraction of sp³-hybridized carbons (Fsp3) is 0.929. The number of nitrogens with zero attached hydrogens (tertiary/aromatic N) is 1. The van der Waals surface area contributed by atoms with E-state index in [0.29, 0.717) is 24.1 Å². The van der Waals surface area contributed by atoms with Crippen LogP contribution in [0, 0.1) is 0 Å². The molecule has 0 saturated carbocycles.